The zero-order chi connectivity index (χ0) is 12.3. The van der Waals surface area contributed by atoms with Gasteiger partial charge in [-0.05, 0) is 36.4 Å². The fourth-order valence-electron chi connectivity index (χ4n) is 2.59. The lowest BCUT2D eigenvalue weighted by Gasteiger charge is -2.39. The molecule has 1 aromatic rings. The van der Waals surface area contributed by atoms with Crippen LogP contribution in [0.1, 0.15) is 31.4 Å². The quantitative estimate of drug-likeness (QED) is 0.836. The zero-order valence-corrected chi connectivity index (χ0v) is 11.2. The Hall–Kier alpha value is -0.860. The van der Waals surface area contributed by atoms with Gasteiger partial charge >= 0.3 is 0 Å². The van der Waals surface area contributed by atoms with Gasteiger partial charge in [0.05, 0.1) is 0 Å². The highest BCUT2D eigenvalue weighted by Gasteiger charge is 2.31. The second-order valence-corrected chi connectivity index (χ2v) is 5.81. The van der Waals surface area contributed by atoms with Gasteiger partial charge in [-0.2, -0.15) is 0 Å². The summed E-state index contributed by atoms with van der Waals surface area (Å²) in [5.74, 6) is 0. The van der Waals surface area contributed by atoms with E-state index in [-0.39, 0.29) is 0 Å². The summed E-state index contributed by atoms with van der Waals surface area (Å²) in [6, 6.07) is 9.25. The fourth-order valence-corrected chi connectivity index (χ4v) is 2.59. The van der Waals surface area contributed by atoms with Gasteiger partial charge in [0.25, 0.3) is 0 Å². The fraction of sp³-hybridized carbons (Fsp3) is 0.600. The molecule has 1 unspecified atom stereocenters. The lowest BCUT2D eigenvalue weighted by molar-refractivity contribution is 0.184. The lowest BCUT2D eigenvalue weighted by Crippen LogP contribution is -2.52. The molecule has 1 fully saturated rings. The molecular formula is C15H24N2. The first-order chi connectivity index (χ1) is 8.09. The maximum absolute atomic E-state index is 3.73. The summed E-state index contributed by atoms with van der Waals surface area (Å²) >= 11 is 0. The number of aryl methyl sites for hydroxylation is 1. The third kappa shape index (κ3) is 3.08. The third-order valence-corrected chi connectivity index (χ3v) is 3.93. The minimum atomic E-state index is 0.348. The van der Waals surface area contributed by atoms with Gasteiger partial charge in [0.1, 0.15) is 0 Å². The average molecular weight is 232 g/mol. The van der Waals surface area contributed by atoms with Crippen LogP contribution < -0.4 is 10.6 Å². The van der Waals surface area contributed by atoms with Crippen LogP contribution in [0.5, 0.6) is 0 Å². The van der Waals surface area contributed by atoms with E-state index in [9.17, 15) is 0 Å². The SMILES string of the molecule is Cc1ccccc1CNC1CCNCC1(C)C. The maximum atomic E-state index is 3.73. The van der Waals surface area contributed by atoms with Crippen molar-refractivity contribution in [3.05, 3.63) is 35.4 Å². The smallest absolute Gasteiger partial charge is 0.0210 e. The van der Waals surface area contributed by atoms with E-state index in [1.165, 1.54) is 17.5 Å². The van der Waals surface area contributed by atoms with Crippen LogP contribution in [0.25, 0.3) is 0 Å². The molecule has 2 heteroatoms. The molecule has 0 aromatic heterocycles. The van der Waals surface area contributed by atoms with Crippen LogP contribution in [-0.4, -0.2) is 19.1 Å². The number of hydrogen-bond acceptors (Lipinski definition) is 2. The highest BCUT2D eigenvalue weighted by atomic mass is 15.0. The third-order valence-electron chi connectivity index (χ3n) is 3.93. The van der Waals surface area contributed by atoms with Gasteiger partial charge in [0.15, 0.2) is 0 Å². The first-order valence-electron chi connectivity index (χ1n) is 6.58. The Bertz CT molecular complexity index is 371. The van der Waals surface area contributed by atoms with E-state index in [0.717, 1.165) is 19.6 Å². The predicted molar refractivity (Wildman–Crippen MR) is 73.1 cm³/mol. The van der Waals surface area contributed by atoms with Gasteiger partial charge in [-0.1, -0.05) is 38.1 Å². The Labute approximate surface area is 105 Å². The summed E-state index contributed by atoms with van der Waals surface area (Å²) in [7, 11) is 0. The topological polar surface area (TPSA) is 24.1 Å². The highest BCUT2D eigenvalue weighted by Crippen LogP contribution is 2.25. The largest absolute Gasteiger partial charge is 0.316 e. The Kier molecular flexibility index (Phi) is 3.85. The summed E-state index contributed by atoms with van der Waals surface area (Å²) < 4.78 is 0. The molecule has 1 heterocycles. The van der Waals surface area contributed by atoms with Crippen molar-refractivity contribution in [1.29, 1.82) is 0 Å². The van der Waals surface area contributed by atoms with Gasteiger partial charge in [0.2, 0.25) is 0 Å². The number of rotatable bonds is 3. The van der Waals surface area contributed by atoms with E-state index < -0.39 is 0 Å². The Morgan fingerprint density at radius 1 is 1.35 bits per heavy atom. The lowest BCUT2D eigenvalue weighted by atomic mass is 9.80. The van der Waals surface area contributed by atoms with E-state index in [2.05, 4.69) is 55.7 Å². The minimum Gasteiger partial charge on any atom is -0.316 e. The van der Waals surface area contributed by atoms with E-state index in [1.807, 2.05) is 0 Å². The molecule has 1 aliphatic heterocycles. The predicted octanol–water partition coefficient (Wildman–Crippen LogP) is 2.47. The molecule has 1 aliphatic rings. The summed E-state index contributed by atoms with van der Waals surface area (Å²) in [5.41, 5.74) is 3.15. The molecule has 94 valence electrons. The van der Waals surface area contributed by atoms with E-state index in [0.29, 0.717) is 11.5 Å². The first kappa shape index (κ1) is 12.6. The molecular weight excluding hydrogens is 208 g/mol. The van der Waals surface area contributed by atoms with Crippen molar-refractivity contribution < 1.29 is 0 Å². The second-order valence-electron chi connectivity index (χ2n) is 5.81. The van der Waals surface area contributed by atoms with Crippen LogP contribution in [-0.2, 0) is 6.54 Å². The van der Waals surface area contributed by atoms with Crippen LogP contribution in [0, 0.1) is 12.3 Å². The van der Waals surface area contributed by atoms with Crippen molar-refractivity contribution in [2.75, 3.05) is 13.1 Å². The van der Waals surface area contributed by atoms with Gasteiger partial charge < -0.3 is 10.6 Å². The van der Waals surface area contributed by atoms with Crippen LogP contribution in [0.2, 0.25) is 0 Å². The molecule has 17 heavy (non-hydrogen) atoms. The van der Waals surface area contributed by atoms with E-state index in [1.54, 1.807) is 0 Å². The van der Waals surface area contributed by atoms with Crippen molar-refractivity contribution >= 4 is 0 Å². The molecule has 0 aliphatic carbocycles. The molecule has 1 aromatic carbocycles. The molecule has 0 amide bonds. The summed E-state index contributed by atoms with van der Waals surface area (Å²) in [6.45, 7) is 10.1. The van der Waals surface area contributed by atoms with E-state index in [4.69, 9.17) is 0 Å². The second kappa shape index (κ2) is 5.19. The minimum absolute atomic E-state index is 0.348. The molecule has 1 atom stereocenters. The van der Waals surface area contributed by atoms with Crippen LogP contribution >= 0.6 is 0 Å². The van der Waals surface area contributed by atoms with Gasteiger partial charge in [-0.15, -0.1) is 0 Å². The highest BCUT2D eigenvalue weighted by molar-refractivity contribution is 5.25. The standard InChI is InChI=1S/C15H24N2/c1-12-6-4-5-7-13(12)10-17-14-8-9-16-11-15(14,2)3/h4-7,14,16-17H,8-11H2,1-3H3. The molecule has 1 saturated heterocycles. The van der Waals surface area contributed by atoms with Gasteiger partial charge in [0, 0.05) is 19.1 Å². The van der Waals surface area contributed by atoms with Crippen LogP contribution in [0.15, 0.2) is 24.3 Å². The Morgan fingerprint density at radius 2 is 2.12 bits per heavy atom. The molecule has 0 saturated carbocycles. The number of hydrogen-bond donors (Lipinski definition) is 2. The van der Waals surface area contributed by atoms with Crippen molar-refractivity contribution in [2.45, 2.75) is 39.8 Å². The number of nitrogens with one attached hydrogen (secondary N) is 2. The molecule has 2 nitrogen and oxygen atoms in total. The molecule has 0 bridgehead atoms. The summed E-state index contributed by atoms with van der Waals surface area (Å²) in [6.07, 6.45) is 1.22. The number of piperidine rings is 1. The van der Waals surface area contributed by atoms with Crippen LogP contribution in [0.3, 0.4) is 0 Å². The van der Waals surface area contributed by atoms with Crippen molar-refractivity contribution in [3.63, 3.8) is 0 Å². The van der Waals surface area contributed by atoms with Gasteiger partial charge in [-0.25, -0.2) is 0 Å². The Balaban J connectivity index is 1.96. The van der Waals surface area contributed by atoms with E-state index >= 15 is 0 Å². The summed E-state index contributed by atoms with van der Waals surface area (Å²) in [4.78, 5) is 0. The molecule has 0 spiro atoms. The average Bonchev–Trinajstić information content (AvgIpc) is 2.29. The molecule has 0 radical (unpaired) electrons. The van der Waals surface area contributed by atoms with Crippen LogP contribution in [0.4, 0.5) is 0 Å². The Morgan fingerprint density at radius 3 is 2.82 bits per heavy atom. The zero-order valence-electron chi connectivity index (χ0n) is 11.2. The normalized spacial score (nSPS) is 23.6. The van der Waals surface area contributed by atoms with Gasteiger partial charge in [-0.3, -0.25) is 0 Å². The molecule has 2 rings (SSSR count). The first-order valence-corrected chi connectivity index (χ1v) is 6.58. The molecule has 2 N–H and O–H groups in total. The summed E-state index contributed by atoms with van der Waals surface area (Å²) in [5, 5.41) is 7.20. The maximum Gasteiger partial charge on any atom is 0.0210 e. The van der Waals surface area contributed by atoms with Crippen molar-refractivity contribution in [2.24, 2.45) is 5.41 Å². The monoisotopic (exact) mass is 232 g/mol. The number of benzene rings is 1. The van der Waals surface area contributed by atoms with Crippen molar-refractivity contribution in [3.8, 4) is 0 Å². The van der Waals surface area contributed by atoms with Crippen molar-refractivity contribution in [1.82, 2.24) is 10.6 Å².